The molecule has 0 aliphatic carbocycles. The number of halogens is 2. The molecule has 4 nitrogen and oxygen atoms in total. The van der Waals surface area contributed by atoms with Crippen LogP contribution in [0.5, 0.6) is 0 Å². The Bertz CT molecular complexity index is 356. The second-order valence-corrected chi connectivity index (χ2v) is 4.25. The van der Waals surface area contributed by atoms with Crippen LogP contribution in [0.25, 0.3) is 0 Å². The third-order valence-electron chi connectivity index (χ3n) is 2.32. The minimum atomic E-state index is -0.0881. The van der Waals surface area contributed by atoms with Crippen molar-refractivity contribution in [1.29, 1.82) is 0 Å². The summed E-state index contributed by atoms with van der Waals surface area (Å²) in [4.78, 5) is 13.5. The molecule has 0 saturated carbocycles. The van der Waals surface area contributed by atoms with E-state index in [0.29, 0.717) is 23.3 Å². The highest BCUT2D eigenvalue weighted by Crippen LogP contribution is 2.21. The number of hydrogen-bond donors (Lipinski definition) is 1. The number of nitrogens with two attached hydrogens (primary N) is 1. The first kappa shape index (κ1) is 12.5. The highest BCUT2D eigenvalue weighted by Gasteiger charge is 2.27. The van der Waals surface area contributed by atoms with E-state index in [2.05, 4.69) is 15.9 Å². The average Bonchev–Trinajstić information content (AvgIpc) is 2.73. The second kappa shape index (κ2) is 5.01. The van der Waals surface area contributed by atoms with E-state index in [4.69, 9.17) is 10.2 Å². The van der Waals surface area contributed by atoms with Gasteiger partial charge in [-0.3, -0.25) is 4.79 Å². The predicted molar refractivity (Wildman–Crippen MR) is 62.2 cm³/mol. The van der Waals surface area contributed by atoms with Crippen molar-refractivity contribution < 1.29 is 9.21 Å². The minimum absolute atomic E-state index is 0. The smallest absolute Gasteiger partial charge is 0.290 e. The number of furan rings is 1. The van der Waals surface area contributed by atoms with Crippen molar-refractivity contribution in [2.24, 2.45) is 5.73 Å². The molecule has 1 saturated heterocycles. The molecule has 2 rings (SSSR count). The molecule has 2 heterocycles. The lowest BCUT2D eigenvalue weighted by atomic mass is 10.3. The van der Waals surface area contributed by atoms with Gasteiger partial charge in [0.05, 0.1) is 10.7 Å². The second-order valence-electron chi connectivity index (χ2n) is 3.40. The highest BCUT2D eigenvalue weighted by atomic mass is 79.9. The molecule has 1 atom stereocenters. The van der Waals surface area contributed by atoms with Crippen molar-refractivity contribution in [3.8, 4) is 0 Å². The molecule has 84 valence electrons. The number of amides is 1. The third-order valence-corrected chi connectivity index (χ3v) is 2.95. The topological polar surface area (TPSA) is 59.5 Å². The fourth-order valence-corrected chi connectivity index (χ4v) is 1.93. The molecule has 1 aliphatic heterocycles. The number of carbonyl (C=O) groups excluding carboxylic acids is 1. The van der Waals surface area contributed by atoms with Gasteiger partial charge in [-0.05, 0) is 28.4 Å². The van der Waals surface area contributed by atoms with Crippen molar-refractivity contribution >= 4 is 34.2 Å². The van der Waals surface area contributed by atoms with Crippen molar-refractivity contribution in [2.45, 2.75) is 12.5 Å². The normalized spacial score (nSPS) is 20.1. The van der Waals surface area contributed by atoms with Crippen molar-refractivity contribution in [2.75, 3.05) is 13.1 Å². The highest BCUT2D eigenvalue weighted by molar-refractivity contribution is 9.10. The number of rotatable bonds is 1. The first-order chi connectivity index (χ1) is 6.68. The van der Waals surface area contributed by atoms with Gasteiger partial charge in [0.2, 0.25) is 5.76 Å². The lowest BCUT2D eigenvalue weighted by molar-refractivity contribution is 0.0758. The Balaban J connectivity index is 0.00000112. The first-order valence-electron chi connectivity index (χ1n) is 4.46. The summed E-state index contributed by atoms with van der Waals surface area (Å²) in [6.07, 6.45) is 2.36. The Labute approximate surface area is 102 Å². The molecule has 0 aromatic carbocycles. The summed E-state index contributed by atoms with van der Waals surface area (Å²) in [5.41, 5.74) is 5.72. The summed E-state index contributed by atoms with van der Waals surface area (Å²) < 4.78 is 5.79. The lowest BCUT2D eigenvalue weighted by Gasteiger charge is -2.13. The van der Waals surface area contributed by atoms with E-state index >= 15 is 0 Å². The molecule has 0 bridgehead atoms. The summed E-state index contributed by atoms with van der Waals surface area (Å²) in [6, 6.07) is 1.82. The largest absolute Gasteiger partial charge is 0.458 e. The van der Waals surface area contributed by atoms with Crippen LogP contribution in [0, 0.1) is 0 Å². The van der Waals surface area contributed by atoms with Gasteiger partial charge < -0.3 is 15.1 Å². The van der Waals surface area contributed by atoms with E-state index in [1.165, 1.54) is 6.26 Å². The van der Waals surface area contributed by atoms with E-state index < -0.39 is 0 Å². The van der Waals surface area contributed by atoms with Crippen LogP contribution >= 0.6 is 28.3 Å². The fourth-order valence-electron chi connectivity index (χ4n) is 1.56. The first-order valence-corrected chi connectivity index (χ1v) is 5.25. The summed E-state index contributed by atoms with van der Waals surface area (Å²) in [5, 5.41) is 0. The molecule has 1 aromatic heterocycles. The molecule has 15 heavy (non-hydrogen) atoms. The lowest BCUT2D eigenvalue weighted by Crippen LogP contribution is -2.31. The van der Waals surface area contributed by atoms with Crippen molar-refractivity contribution in [1.82, 2.24) is 4.90 Å². The van der Waals surface area contributed by atoms with Gasteiger partial charge in [-0.25, -0.2) is 0 Å². The quantitative estimate of drug-likeness (QED) is 0.857. The zero-order valence-corrected chi connectivity index (χ0v) is 10.4. The standard InChI is InChI=1S/C9H11BrN2O2.ClH/c10-7-2-4-14-8(7)9(13)12-3-1-6(11)5-12;/h2,4,6H,1,3,5,11H2;1H/t6-;/m0./s1. The summed E-state index contributed by atoms with van der Waals surface area (Å²) in [7, 11) is 0. The van der Waals surface area contributed by atoms with Gasteiger partial charge in [0, 0.05) is 19.1 Å². The van der Waals surface area contributed by atoms with Gasteiger partial charge in [-0.2, -0.15) is 0 Å². The molecule has 0 unspecified atom stereocenters. The van der Waals surface area contributed by atoms with Crippen LogP contribution in [0.15, 0.2) is 21.2 Å². The van der Waals surface area contributed by atoms with Gasteiger partial charge in [0.25, 0.3) is 5.91 Å². The van der Waals surface area contributed by atoms with Crippen LogP contribution in [-0.2, 0) is 0 Å². The third kappa shape index (κ3) is 2.53. The van der Waals surface area contributed by atoms with E-state index in [-0.39, 0.29) is 24.4 Å². The van der Waals surface area contributed by atoms with E-state index in [0.717, 1.165) is 6.42 Å². The Morgan fingerprint density at radius 1 is 1.67 bits per heavy atom. The van der Waals surface area contributed by atoms with Crippen LogP contribution < -0.4 is 5.73 Å². The maximum Gasteiger partial charge on any atom is 0.290 e. The molecular weight excluding hydrogens is 283 g/mol. The van der Waals surface area contributed by atoms with Crippen LogP contribution in [-0.4, -0.2) is 29.9 Å². The fraction of sp³-hybridized carbons (Fsp3) is 0.444. The molecule has 0 spiro atoms. The van der Waals surface area contributed by atoms with Gasteiger partial charge in [0.15, 0.2) is 0 Å². The Hall–Kier alpha value is -0.520. The van der Waals surface area contributed by atoms with Gasteiger partial charge in [-0.15, -0.1) is 12.4 Å². The minimum Gasteiger partial charge on any atom is -0.458 e. The van der Waals surface area contributed by atoms with E-state index in [1.807, 2.05) is 0 Å². The molecule has 0 radical (unpaired) electrons. The number of likely N-dealkylation sites (tertiary alicyclic amines) is 1. The average molecular weight is 296 g/mol. The molecule has 1 aliphatic rings. The zero-order valence-electron chi connectivity index (χ0n) is 7.98. The summed E-state index contributed by atoms with van der Waals surface area (Å²) in [6.45, 7) is 1.33. The Morgan fingerprint density at radius 3 is 2.87 bits per heavy atom. The van der Waals surface area contributed by atoms with Crippen LogP contribution in [0.1, 0.15) is 17.0 Å². The molecule has 2 N–H and O–H groups in total. The van der Waals surface area contributed by atoms with Crippen LogP contribution in [0.2, 0.25) is 0 Å². The maximum absolute atomic E-state index is 11.8. The number of nitrogens with zero attached hydrogens (tertiary/aromatic N) is 1. The monoisotopic (exact) mass is 294 g/mol. The Kier molecular flexibility index (Phi) is 4.19. The molecular formula is C9H12BrClN2O2. The predicted octanol–water partition coefficient (Wildman–Crippen LogP) is 1.64. The molecule has 1 aromatic rings. The van der Waals surface area contributed by atoms with Crippen LogP contribution in [0.4, 0.5) is 0 Å². The van der Waals surface area contributed by atoms with E-state index in [9.17, 15) is 4.79 Å². The zero-order chi connectivity index (χ0) is 10.1. The van der Waals surface area contributed by atoms with Crippen molar-refractivity contribution in [3.05, 3.63) is 22.6 Å². The molecule has 1 fully saturated rings. The number of hydrogen-bond acceptors (Lipinski definition) is 3. The molecule has 1 amide bonds. The van der Waals surface area contributed by atoms with E-state index in [1.54, 1.807) is 11.0 Å². The SMILES string of the molecule is Cl.N[C@H]1CCN(C(=O)c2occc2Br)C1. The van der Waals surface area contributed by atoms with Crippen molar-refractivity contribution in [3.63, 3.8) is 0 Å². The summed E-state index contributed by atoms with van der Waals surface area (Å²) in [5.74, 6) is 0.272. The van der Waals surface area contributed by atoms with Gasteiger partial charge >= 0.3 is 0 Å². The molecule has 6 heteroatoms. The van der Waals surface area contributed by atoms with Gasteiger partial charge in [-0.1, -0.05) is 0 Å². The Morgan fingerprint density at radius 2 is 2.40 bits per heavy atom. The summed E-state index contributed by atoms with van der Waals surface area (Å²) >= 11 is 3.26. The number of carbonyl (C=O) groups is 1. The van der Waals surface area contributed by atoms with Crippen LogP contribution in [0.3, 0.4) is 0 Å². The van der Waals surface area contributed by atoms with Gasteiger partial charge in [0.1, 0.15) is 0 Å². The maximum atomic E-state index is 11.8.